The van der Waals surface area contributed by atoms with Gasteiger partial charge in [0.15, 0.2) is 12.4 Å². The van der Waals surface area contributed by atoms with E-state index in [1.807, 2.05) is 0 Å². The topological polar surface area (TPSA) is 162 Å². The molecule has 0 saturated carbocycles. The molecular weight excluding hydrogens is 268 g/mol. The summed E-state index contributed by atoms with van der Waals surface area (Å²) < 4.78 is 5.43. The van der Waals surface area contributed by atoms with Gasteiger partial charge < -0.3 is 36.4 Å². The zero-order valence-corrected chi connectivity index (χ0v) is 10.4. The minimum absolute atomic E-state index is 0.0194. The van der Waals surface area contributed by atoms with E-state index in [0.29, 0.717) is 0 Å². The normalized spacial score (nSPS) is 43.5. The van der Waals surface area contributed by atoms with Gasteiger partial charge in [-0.3, -0.25) is 4.99 Å². The van der Waals surface area contributed by atoms with Crippen LogP contribution in [0.1, 0.15) is 0 Å². The first-order chi connectivity index (χ1) is 9.52. The highest BCUT2D eigenvalue weighted by Gasteiger charge is 2.49. The molecule has 3 rings (SSSR count). The van der Waals surface area contributed by atoms with Gasteiger partial charge in [-0.2, -0.15) is 4.99 Å². The van der Waals surface area contributed by atoms with Crippen molar-refractivity contribution in [2.75, 3.05) is 6.61 Å². The van der Waals surface area contributed by atoms with Crippen LogP contribution in [0.25, 0.3) is 0 Å². The average molecular weight is 284 g/mol. The number of hydrogen-bond donors (Lipinski definition) is 5. The maximum Gasteiger partial charge on any atom is 0.219 e. The summed E-state index contributed by atoms with van der Waals surface area (Å²) in [4.78, 5) is 13.6. The Morgan fingerprint density at radius 3 is 2.70 bits per heavy atom. The standard InChI is InChI=1S/C10H16N6O4/c11-7-4-8(15-10(12)14-7)16(2-13-4)9-6(19)5(18)3(1-17)20-9/h2-6,8-9,17-19H,1H2,(H4,11,12,14,15)/t3-,4?,5-,6-,8?,9?/m0/s1. The first-order valence-electron chi connectivity index (χ1n) is 6.13. The van der Waals surface area contributed by atoms with E-state index < -0.39 is 43.4 Å². The molecule has 0 bridgehead atoms. The Balaban J connectivity index is 1.83. The first-order valence-corrected chi connectivity index (χ1v) is 6.13. The molecule has 10 nitrogen and oxygen atoms in total. The quantitative estimate of drug-likeness (QED) is 0.346. The molecule has 10 heteroatoms. The number of ether oxygens (including phenoxy) is 1. The molecule has 0 aliphatic carbocycles. The number of amidine groups is 1. The van der Waals surface area contributed by atoms with Crippen LogP contribution in [0.5, 0.6) is 0 Å². The van der Waals surface area contributed by atoms with Gasteiger partial charge in [0.2, 0.25) is 5.96 Å². The van der Waals surface area contributed by atoms with E-state index >= 15 is 0 Å². The van der Waals surface area contributed by atoms with Crippen molar-refractivity contribution in [1.82, 2.24) is 4.90 Å². The molecule has 3 unspecified atom stereocenters. The van der Waals surface area contributed by atoms with E-state index in [4.69, 9.17) is 21.3 Å². The molecule has 0 aromatic rings. The summed E-state index contributed by atoms with van der Waals surface area (Å²) in [6.45, 7) is -0.400. The predicted octanol–water partition coefficient (Wildman–Crippen LogP) is -3.85. The molecule has 1 saturated heterocycles. The highest BCUT2D eigenvalue weighted by atomic mass is 16.6. The fourth-order valence-electron chi connectivity index (χ4n) is 2.53. The third-order valence-corrected chi connectivity index (χ3v) is 3.57. The van der Waals surface area contributed by atoms with Crippen molar-refractivity contribution in [1.29, 1.82) is 0 Å². The monoisotopic (exact) mass is 284 g/mol. The van der Waals surface area contributed by atoms with Gasteiger partial charge in [-0.15, -0.1) is 0 Å². The lowest BCUT2D eigenvalue weighted by Crippen LogP contribution is -2.52. The van der Waals surface area contributed by atoms with Crippen LogP contribution < -0.4 is 11.5 Å². The molecule has 3 heterocycles. The molecule has 0 aromatic heterocycles. The molecule has 20 heavy (non-hydrogen) atoms. The minimum atomic E-state index is -1.20. The molecule has 1 fully saturated rings. The highest BCUT2D eigenvalue weighted by molar-refractivity contribution is 6.01. The maximum atomic E-state index is 10.0. The van der Waals surface area contributed by atoms with Crippen molar-refractivity contribution in [3.63, 3.8) is 0 Å². The minimum Gasteiger partial charge on any atom is -0.394 e. The summed E-state index contributed by atoms with van der Waals surface area (Å²) >= 11 is 0. The third kappa shape index (κ3) is 1.85. The van der Waals surface area contributed by atoms with E-state index in [-0.39, 0.29) is 11.8 Å². The molecule has 7 N–H and O–H groups in total. The number of aliphatic hydroxyl groups is 3. The zero-order chi connectivity index (χ0) is 14.4. The summed E-state index contributed by atoms with van der Waals surface area (Å²) in [5, 5.41) is 28.9. The molecule has 0 spiro atoms. The summed E-state index contributed by atoms with van der Waals surface area (Å²) in [7, 11) is 0. The number of hydrogen-bond acceptors (Lipinski definition) is 10. The highest BCUT2D eigenvalue weighted by Crippen LogP contribution is 2.29. The van der Waals surface area contributed by atoms with Crippen LogP contribution >= 0.6 is 0 Å². The number of nitrogens with zero attached hydrogens (tertiary/aromatic N) is 4. The molecule has 6 atom stereocenters. The SMILES string of the molecule is NC1=NC2C(N=CN2C2O[C@@H](CO)[C@H](O)[C@@H]2O)C(N)=N1. The second-order valence-electron chi connectivity index (χ2n) is 4.82. The van der Waals surface area contributed by atoms with Gasteiger partial charge in [-0.25, -0.2) is 4.99 Å². The van der Waals surface area contributed by atoms with Gasteiger partial charge in [0, 0.05) is 0 Å². The molecule has 3 aliphatic heterocycles. The van der Waals surface area contributed by atoms with E-state index in [9.17, 15) is 10.2 Å². The predicted molar refractivity (Wildman–Crippen MR) is 68.9 cm³/mol. The molecule has 0 radical (unpaired) electrons. The number of aliphatic imine (C=N–C) groups is 3. The van der Waals surface area contributed by atoms with Crippen molar-refractivity contribution >= 4 is 18.1 Å². The Kier molecular flexibility index (Phi) is 3.09. The van der Waals surface area contributed by atoms with Gasteiger partial charge in [-0.1, -0.05) is 0 Å². The summed E-state index contributed by atoms with van der Waals surface area (Å²) in [6.07, 6.45) is -3.28. The molecule has 3 aliphatic rings. The third-order valence-electron chi connectivity index (χ3n) is 3.57. The zero-order valence-electron chi connectivity index (χ0n) is 10.4. The smallest absolute Gasteiger partial charge is 0.219 e. The Morgan fingerprint density at radius 1 is 1.30 bits per heavy atom. The van der Waals surface area contributed by atoms with Crippen molar-refractivity contribution < 1.29 is 20.1 Å². The number of rotatable bonds is 2. The second-order valence-corrected chi connectivity index (χ2v) is 4.82. The Labute approximate surface area is 114 Å². The van der Waals surface area contributed by atoms with E-state index in [0.717, 1.165) is 0 Å². The van der Waals surface area contributed by atoms with Crippen LogP contribution in [-0.4, -0.2) is 81.7 Å². The van der Waals surface area contributed by atoms with Gasteiger partial charge in [0.1, 0.15) is 30.2 Å². The number of aliphatic hydroxyl groups excluding tert-OH is 3. The van der Waals surface area contributed by atoms with Crippen LogP contribution in [0.3, 0.4) is 0 Å². The summed E-state index contributed by atoms with van der Waals surface area (Å²) in [5.74, 6) is 0.249. The molecule has 0 aromatic carbocycles. The first kappa shape index (κ1) is 13.2. The summed E-state index contributed by atoms with van der Waals surface area (Å²) in [5.41, 5.74) is 11.3. The van der Waals surface area contributed by atoms with Gasteiger partial charge in [0.05, 0.1) is 12.9 Å². The Bertz CT molecular complexity index is 494. The fourth-order valence-corrected chi connectivity index (χ4v) is 2.53. The van der Waals surface area contributed by atoms with E-state index in [1.54, 1.807) is 0 Å². The van der Waals surface area contributed by atoms with Gasteiger partial charge >= 0.3 is 0 Å². The van der Waals surface area contributed by atoms with Gasteiger partial charge in [-0.05, 0) is 0 Å². The van der Waals surface area contributed by atoms with Crippen LogP contribution in [0.15, 0.2) is 15.0 Å². The van der Waals surface area contributed by atoms with Crippen LogP contribution in [0.2, 0.25) is 0 Å². The largest absolute Gasteiger partial charge is 0.394 e. The summed E-state index contributed by atoms with van der Waals surface area (Å²) in [6, 6.07) is -0.497. The van der Waals surface area contributed by atoms with Crippen molar-refractivity contribution in [2.24, 2.45) is 26.4 Å². The van der Waals surface area contributed by atoms with E-state index in [2.05, 4.69) is 15.0 Å². The van der Waals surface area contributed by atoms with Crippen LogP contribution in [-0.2, 0) is 4.74 Å². The van der Waals surface area contributed by atoms with E-state index in [1.165, 1.54) is 11.2 Å². The fraction of sp³-hybridized carbons (Fsp3) is 0.700. The second kappa shape index (κ2) is 4.66. The number of nitrogens with two attached hydrogens (primary N) is 2. The lowest BCUT2D eigenvalue weighted by molar-refractivity contribution is -0.0778. The lowest BCUT2D eigenvalue weighted by Gasteiger charge is -2.32. The van der Waals surface area contributed by atoms with Crippen molar-refractivity contribution in [3.8, 4) is 0 Å². The maximum absolute atomic E-state index is 10.0. The number of guanidine groups is 1. The van der Waals surface area contributed by atoms with Crippen molar-refractivity contribution in [3.05, 3.63) is 0 Å². The molecule has 110 valence electrons. The Morgan fingerprint density at radius 2 is 2.05 bits per heavy atom. The van der Waals surface area contributed by atoms with Crippen molar-refractivity contribution in [2.45, 2.75) is 36.7 Å². The molecule has 0 amide bonds. The number of fused-ring (bicyclic) bond motifs is 1. The van der Waals surface area contributed by atoms with Crippen LogP contribution in [0, 0.1) is 0 Å². The van der Waals surface area contributed by atoms with Gasteiger partial charge in [0.25, 0.3) is 0 Å². The molecular formula is C10H16N6O4. The lowest BCUT2D eigenvalue weighted by atomic mass is 10.1. The average Bonchev–Trinajstić information content (AvgIpc) is 2.93. The van der Waals surface area contributed by atoms with Crippen LogP contribution in [0.4, 0.5) is 0 Å². The Hall–Kier alpha value is -1.75.